The Bertz CT molecular complexity index is 791. The van der Waals surface area contributed by atoms with Crippen LogP contribution in [0.4, 0.5) is 5.82 Å². The van der Waals surface area contributed by atoms with E-state index in [1.807, 2.05) is 38.1 Å². The molecule has 0 fully saturated rings. The van der Waals surface area contributed by atoms with Gasteiger partial charge in [-0.1, -0.05) is 6.07 Å². The van der Waals surface area contributed by atoms with Crippen molar-refractivity contribution >= 4 is 39.3 Å². The molecule has 0 aliphatic rings. The number of aryl methyl sites for hydroxylation is 2. The van der Waals surface area contributed by atoms with E-state index in [-0.39, 0.29) is 0 Å². The molecule has 0 atom stereocenters. The van der Waals surface area contributed by atoms with Gasteiger partial charge in [0, 0.05) is 16.6 Å². The first-order valence-corrected chi connectivity index (χ1v) is 7.30. The summed E-state index contributed by atoms with van der Waals surface area (Å²) in [6, 6.07) is 10.1. The van der Waals surface area contributed by atoms with Crippen molar-refractivity contribution < 1.29 is 0 Å². The maximum absolute atomic E-state index is 5.92. The van der Waals surface area contributed by atoms with Gasteiger partial charge in [-0.2, -0.15) is 0 Å². The summed E-state index contributed by atoms with van der Waals surface area (Å²) in [4.78, 5) is 13.4. The lowest BCUT2D eigenvalue weighted by atomic mass is 10.1. The number of nitrogens with two attached hydrogens (primary N) is 1. The van der Waals surface area contributed by atoms with Crippen LogP contribution in [0.3, 0.4) is 0 Å². The standard InChI is InChI=1S/C15H13IN4/c1-8-3-4-10-7-11(5-6-12(10)18-8)15-19-9(2)13(16)14(17)20-15/h3-7H,1-2H3,(H2,17,19,20). The largest absolute Gasteiger partial charge is 0.383 e. The predicted molar refractivity (Wildman–Crippen MR) is 89.4 cm³/mol. The summed E-state index contributed by atoms with van der Waals surface area (Å²) < 4.78 is 0.907. The fourth-order valence-corrected chi connectivity index (χ4v) is 2.32. The molecule has 2 N–H and O–H groups in total. The lowest BCUT2D eigenvalue weighted by molar-refractivity contribution is 1.10. The van der Waals surface area contributed by atoms with E-state index < -0.39 is 0 Å². The second kappa shape index (κ2) is 4.97. The summed E-state index contributed by atoms with van der Waals surface area (Å²) in [7, 11) is 0. The minimum Gasteiger partial charge on any atom is -0.383 e. The average Bonchev–Trinajstić information content (AvgIpc) is 2.43. The molecule has 2 heterocycles. The van der Waals surface area contributed by atoms with Crippen LogP contribution in [0.15, 0.2) is 30.3 Å². The third kappa shape index (κ3) is 2.33. The summed E-state index contributed by atoms with van der Waals surface area (Å²) in [5.41, 5.74) is 9.76. The van der Waals surface area contributed by atoms with Crippen LogP contribution >= 0.6 is 22.6 Å². The first kappa shape index (κ1) is 13.2. The molecule has 0 bridgehead atoms. The van der Waals surface area contributed by atoms with Crippen LogP contribution in [0.25, 0.3) is 22.3 Å². The van der Waals surface area contributed by atoms with Gasteiger partial charge in [0.25, 0.3) is 0 Å². The maximum Gasteiger partial charge on any atom is 0.161 e. The number of benzene rings is 1. The zero-order valence-electron chi connectivity index (χ0n) is 11.2. The van der Waals surface area contributed by atoms with E-state index in [1.54, 1.807) is 0 Å². The molecule has 5 heteroatoms. The van der Waals surface area contributed by atoms with Gasteiger partial charge in [0.05, 0.1) is 14.8 Å². The van der Waals surface area contributed by atoms with Crippen LogP contribution in [0.2, 0.25) is 0 Å². The van der Waals surface area contributed by atoms with Gasteiger partial charge in [0.1, 0.15) is 5.82 Å². The van der Waals surface area contributed by atoms with Crippen LogP contribution in [-0.4, -0.2) is 15.0 Å². The molecule has 0 spiro atoms. The second-order valence-electron chi connectivity index (χ2n) is 4.69. The van der Waals surface area contributed by atoms with E-state index in [9.17, 15) is 0 Å². The Balaban J connectivity index is 2.17. The van der Waals surface area contributed by atoms with E-state index in [1.165, 1.54) is 0 Å². The number of pyridine rings is 1. The lowest BCUT2D eigenvalue weighted by Crippen LogP contribution is -2.02. The molecule has 0 saturated carbocycles. The molecule has 3 rings (SSSR count). The summed E-state index contributed by atoms with van der Waals surface area (Å²) in [6.07, 6.45) is 0. The Morgan fingerprint density at radius 1 is 1.00 bits per heavy atom. The Morgan fingerprint density at radius 3 is 2.55 bits per heavy atom. The van der Waals surface area contributed by atoms with E-state index in [0.717, 1.165) is 31.4 Å². The summed E-state index contributed by atoms with van der Waals surface area (Å²) in [5.74, 6) is 1.18. The van der Waals surface area contributed by atoms with Gasteiger partial charge in [0.15, 0.2) is 5.82 Å². The SMILES string of the molecule is Cc1ccc2cc(-c3nc(C)c(I)c(N)n3)ccc2n1. The molecule has 0 saturated heterocycles. The van der Waals surface area contributed by atoms with E-state index in [0.29, 0.717) is 11.6 Å². The number of rotatable bonds is 1. The van der Waals surface area contributed by atoms with Gasteiger partial charge in [-0.05, 0) is 60.7 Å². The minimum absolute atomic E-state index is 0.523. The topological polar surface area (TPSA) is 64.7 Å². The lowest BCUT2D eigenvalue weighted by Gasteiger charge is -2.07. The van der Waals surface area contributed by atoms with Crippen molar-refractivity contribution in [3.8, 4) is 11.4 Å². The van der Waals surface area contributed by atoms with Crippen molar-refractivity contribution in [2.75, 3.05) is 5.73 Å². The molecular weight excluding hydrogens is 363 g/mol. The number of aromatic nitrogens is 3. The van der Waals surface area contributed by atoms with Crippen molar-refractivity contribution in [1.29, 1.82) is 0 Å². The molecule has 2 aromatic heterocycles. The van der Waals surface area contributed by atoms with Gasteiger partial charge in [-0.15, -0.1) is 0 Å². The first-order chi connectivity index (χ1) is 9.54. The van der Waals surface area contributed by atoms with E-state index in [2.05, 4.69) is 43.6 Å². The predicted octanol–water partition coefficient (Wildman–Crippen LogP) is 3.50. The van der Waals surface area contributed by atoms with Gasteiger partial charge in [-0.25, -0.2) is 9.97 Å². The van der Waals surface area contributed by atoms with Crippen LogP contribution in [0, 0.1) is 17.4 Å². The first-order valence-electron chi connectivity index (χ1n) is 6.22. The third-order valence-electron chi connectivity index (χ3n) is 3.13. The third-order valence-corrected chi connectivity index (χ3v) is 4.46. The monoisotopic (exact) mass is 376 g/mol. The highest BCUT2D eigenvalue weighted by Gasteiger charge is 2.09. The van der Waals surface area contributed by atoms with Gasteiger partial charge in [0.2, 0.25) is 0 Å². The Morgan fingerprint density at radius 2 is 1.80 bits per heavy atom. The number of nitrogen functional groups attached to an aromatic ring is 1. The molecule has 0 aliphatic heterocycles. The average molecular weight is 376 g/mol. The number of halogens is 1. The number of anilines is 1. The van der Waals surface area contributed by atoms with Crippen molar-refractivity contribution in [2.24, 2.45) is 0 Å². The van der Waals surface area contributed by atoms with Crippen LogP contribution < -0.4 is 5.73 Å². The summed E-state index contributed by atoms with van der Waals surface area (Å²) in [5, 5.41) is 1.08. The molecule has 100 valence electrons. The molecule has 0 radical (unpaired) electrons. The molecule has 0 amide bonds. The molecule has 0 aliphatic carbocycles. The van der Waals surface area contributed by atoms with Crippen molar-refractivity contribution in [3.05, 3.63) is 45.3 Å². The Hall–Kier alpha value is -1.76. The van der Waals surface area contributed by atoms with Gasteiger partial charge in [-0.3, -0.25) is 4.98 Å². The van der Waals surface area contributed by atoms with Crippen molar-refractivity contribution in [2.45, 2.75) is 13.8 Å². The number of hydrogen-bond donors (Lipinski definition) is 1. The van der Waals surface area contributed by atoms with Crippen molar-refractivity contribution in [1.82, 2.24) is 15.0 Å². The molecule has 4 nitrogen and oxygen atoms in total. The van der Waals surface area contributed by atoms with Crippen molar-refractivity contribution in [3.63, 3.8) is 0 Å². The molecule has 1 aromatic carbocycles. The summed E-state index contributed by atoms with van der Waals surface area (Å²) >= 11 is 2.16. The van der Waals surface area contributed by atoms with Gasteiger partial charge < -0.3 is 5.73 Å². The number of hydrogen-bond acceptors (Lipinski definition) is 4. The van der Waals surface area contributed by atoms with Crippen LogP contribution in [0.5, 0.6) is 0 Å². The van der Waals surface area contributed by atoms with E-state index in [4.69, 9.17) is 5.73 Å². The smallest absolute Gasteiger partial charge is 0.161 e. The molecule has 20 heavy (non-hydrogen) atoms. The second-order valence-corrected chi connectivity index (χ2v) is 5.77. The van der Waals surface area contributed by atoms with E-state index >= 15 is 0 Å². The highest BCUT2D eigenvalue weighted by atomic mass is 127. The van der Waals surface area contributed by atoms with Crippen LogP contribution in [0.1, 0.15) is 11.4 Å². The fourth-order valence-electron chi connectivity index (χ4n) is 2.08. The van der Waals surface area contributed by atoms with Crippen LogP contribution in [-0.2, 0) is 0 Å². The molecule has 0 unspecified atom stereocenters. The summed E-state index contributed by atoms with van der Waals surface area (Å²) in [6.45, 7) is 3.93. The minimum atomic E-state index is 0.523. The maximum atomic E-state index is 5.92. The normalized spacial score (nSPS) is 10.9. The highest BCUT2D eigenvalue weighted by molar-refractivity contribution is 14.1. The zero-order valence-corrected chi connectivity index (χ0v) is 13.3. The molecular formula is C15H13IN4. The molecule has 3 aromatic rings. The number of fused-ring (bicyclic) bond motifs is 1. The Kier molecular flexibility index (Phi) is 3.29. The number of nitrogens with zero attached hydrogens (tertiary/aromatic N) is 3. The highest BCUT2D eigenvalue weighted by Crippen LogP contribution is 2.24. The fraction of sp³-hybridized carbons (Fsp3) is 0.133. The zero-order chi connectivity index (χ0) is 14.3. The Labute approximate surface area is 130 Å². The van der Waals surface area contributed by atoms with Gasteiger partial charge >= 0.3 is 0 Å². The quantitative estimate of drug-likeness (QED) is 0.661.